The van der Waals surface area contributed by atoms with Crippen molar-refractivity contribution in [1.82, 2.24) is 4.57 Å². The zero-order valence-corrected chi connectivity index (χ0v) is 33.3. The van der Waals surface area contributed by atoms with Crippen LogP contribution in [0.15, 0.2) is 164 Å². The van der Waals surface area contributed by atoms with E-state index in [1.54, 1.807) is 0 Å². The summed E-state index contributed by atoms with van der Waals surface area (Å²) in [5, 5.41) is 5.04. The molecule has 0 N–H and O–H groups in total. The lowest BCUT2D eigenvalue weighted by Crippen LogP contribution is -2.29. The Bertz CT molecular complexity index is 3030. The Morgan fingerprint density at radius 2 is 1.34 bits per heavy atom. The predicted octanol–water partition coefficient (Wildman–Crippen LogP) is 13.1. The number of benzene rings is 8. The number of ether oxygens (including phenoxy) is 2. The molecule has 3 heteroatoms. The van der Waals surface area contributed by atoms with Gasteiger partial charge in [-0.1, -0.05) is 139 Å². The zero-order chi connectivity index (χ0) is 39.0. The molecule has 9 aromatic rings. The molecule has 0 bridgehead atoms. The molecular formula is C55H45NO2. The molecule has 8 aromatic carbocycles. The van der Waals surface area contributed by atoms with Crippen LogP contribution in [0, 0.1) is 13.8 Å². The van der Waals surface area contributed by atoms with Crippen molar-refractivity contribution in [2.45, 2.75) is 45.3 Å². The fourth-order valence-corrected chi connectivity index (χ4v) is 9.89. The topological polar surface area (TPSA) is 26.7 Å². The fourth-order valence-electron chi connectivity index (χ4n) is 9.89. The largest absolute Gasteiger partial charge is 0.377 e. The van der Waals surface area contributed by atoms with Gasteiger partial charge in [0.05, 0.1) is 35.8 Å². The Hall–Kier alpha value is -6.26. The van der Waals surface area contributed by atoms with Crippen LogP contribution < -0.4 is 0 Å². The molecule has 1 aliphatic carbocycles. The average molecular weight is 752 g/mol. The molecule has 0 radical (unpaired) electrons. The SMILES string of the molecule is CCOCc1ccc(C2(c3ccc(CC4CO4)cc3)c3cc(C)ccc3-c3cc(-c4ccc5c(c4)c4ccc6ccccc6c4n5-c4ccccc4)c(C)cc32)cc1. The summed E-state index contributed by atoms with van der Waals surface area (Å²) in [7, 11) is 0. The molecule has 2 atom stereocenters. The van der Waals surface area contributed by atoms with E-state index in [4.69, 9.17) is 9.47 Å². The van der Waals surface area contributed by atoms with Crippen molar-refractivity contribution < 1.29 is 9.47 Å². The molecule has 1 fully saturated rings. The molecule has 282 valence electrons. The van der Waals surface area contributed by atoms with E-state index in [2.05, 4.69) is 189 Å². The second-order valence-corrected chi connectivity index (χ2v) is 16.3. The van der Waals surface area contributed by atoms with Crippen LogP contribution in [-0.4, -0.2) is 23.9 Å². The fraction of sp³-hybridized carbons (Fsp3) is 0.164. The van der Waals surface area contributed by atoms with Crippen molar-refractivity contribution in [2.75, 3.05) is 13.2 Å². The third-order valence-corrected chi connectivity index (χ3v) is 12.7. The Labute approximate surface area is 340 Å². The number of aromatic nitrogens is 1. The molecule has 1 aromatic heterocycles. The molecule has 1 aliphatic heterocycles. The summed E-state index contributed by atoms with van der Waals surface area (Å²) >= 11 is 0. The Morgan fingerprint density at radius 3 is 2.10 bits per heavy atom. The summed E-state index contributed by atoms with van der Waals surface area (Å²) in [6, 6.07) is 61.8. The second-order valence-electron chi connectivity index (χ2n) is 16.3. The molecule has 11 rings (SSSR count). The van der Waals surface area contributed by atoms with Crippen LogP contribution in [0.2, 0.25) is 0 Å². The molecule has 0 saturated carbocycles. The lowest BCUT2D eigenvalue weighted by molar-refractivity contribution is 0.134. The maximum absolute atomic E-state index is 5.83. The van der Waals surface area contributed by atoms with Gasteiger partial charge in [-0.3, -0.25) is 0 Å². The molecule has 58 heavy (non-hydrogen) atoms. The van der Waals surface area contributed by atoms with Crippen molar-refractivity contribution >= 4 is 32.6 Å². The third kappa shape index (κ3) is 5.49. The molecule has 0 amide bonds. The normalized spacial score (nSPS) is 16.9. The van der Waals surface area contributed by atoms with E-state index in [1.807, 2.05) is 0 Å². The number of rotatable bonds is 9. The van der Waals surface area contributed by atoms with E-state index >= 15 is 0 Å². The Balaban J connectivity index is 1.13. The van der Waals surface area contributed by atoms with Gasteiger partial charge in [0, 0.05) is 34.9 Å². The molecule has 0 spiro atoms. The van der Waals surface area contributed by atoms with Crippen molar-refractivity contribution in [1.29, 1.82) is 0 Å². The summed E-state index contributed by atoms with van der Waals surface area (Å²) in [6.07, 6.45) is 1.31. The van der Waals surface area contributed by atoms with Crippen LogP contribution >= 0.6 is 0 Å². The highest BCUT2D eigenvalue weighted by atomic mass is 16.6. The van der Waals surface area contributed by atoms with E-state index in [0.29, 0.717) is 19.3 Å². The highest BCUT2D eigenvalue weighted by Crippen LogP contribution is 2.57. The van der Waals surface area contributed by atoms with Crippen LogP contribution in [-0.2, 0) is 27.9 Å². The summed E-state index contributed by atoms with van der Waals surface area (Å²) in [6.45, 7) is 8.74. The summed E-state index contributed by atoms with van der Waals surface area (Å²) in [4.78, 5) is 0. The van der Waals surface area contributed by atoms with Gasteiger partial charge in [0.15, 0.2) is 0 Å². The number of para-hydroxylation sites is 1. The van der Waals surface area contributed by atoms with Gasteiger partial charge in [0.1, 0.15) is 0 Å². The third-order valence-electron chi connectivity index (χ3n) is 12.7. The summed E-state index contributed by atoms with van der Waals surface area (Å²) < 4.78 is 13.9. The number of hydrogen-bond donors (Lipinski definition) is 0. The van der Waals surface area contributed by atoms with E-state index in [9.17, 15) is 0 Å². The first kappa shape index (κ1) is 34.9. The average Bonchev–Trinajstić information content (AvgIpc) is 3.96. The van der Waals surface area contributed by atoms with Crippen LogP contribution in [0.5, 0.6) is 0 Å². The smallest absolute Gasteiger partial charge is 0.0850 e. The maximum atomic E-state index is 5.83. The minimum atomic E-state index is -0.493. The van der Waals surface area contributed by atoms with Crippen molar-refractivity contribution in [3.8, 4) is 27.9 Å². The Kier molecular flexibility index (Phi) is 8.25. The number of hydrogen-bond acceptors (Lipinski definition) is 2. The van der Waals surface area contributed by atoms with Crippen molar-refractivity contribution in [2.24, 2.45) is 0 Å². The van der Waals surface area contributed by atoms with E-state index < -0.39 is 5.41 Å². The summed E-state index contributed by atoms with van der Waals surface area (Å²) in [5.74, 6) is 0. The van der Waals surface area contributed by atoms with Gasteiger partial charge in [-0.25, -0.2) is 0 Å². The molecule has 2 heterocycles. The van der Waals surface area contributed by atoms with Gasteiger partial charge in [-0.2, -0.15) is 0 Å². The maximum Gasteiger partial charge on any atom is 0.0850 e. The van der Waals surface area contributed by atoms with E-state index in [0.717, 1.165) is 13.0 Å². The van der Waals surface area contributed by atoms with Crippen molar-refractivity contribution in [3.63, 3.8) is 0 Å². The lowest BCUT2D eigenvalue weighted by Gasteiger charge is -2.34. The highest BCUT2D eigenvalue weighted by molar-refractivity contribution is 6.19. The van der Waals surface area contributed by atoms with Gasteiger partial charge < -0.3 is 14.0 Å². The molecule has 1 saturated heterocycles. The van der Waals surface area contributed by atoms with Crippen molar-refractivity contribution in [3.05, 3.63) is 208 Å². The number of aryl methyl sites for hydroxylation is 2. The number of nitrogens with zero attached hydrogens (tertiary/aromatic N) is 1. The first-order valence-corrected chi connectivity index (χ1v) is 20.7. The number of epoxide rings is 1. The Morgan fingerprint density at radius 1 is 0.621 bits per heavy atom. The quantitative estimate of drug-likeness (QED) is 0.137. The molecule has 2 unspecified atom stereocenters. The first-order chi connectivity index (χ1) is 28.5. The monoisotopic (exact) mass is 751 g/mol. The standard InChI is InChI=1S/C55H45NO2/c1-4-57-33-38-17-23-42(24-18-38)55(41-21-15-37(16-22-41)30-44-34-58-44)51-28-35(2)14-25-46(51)49-32-48(36(3)29-52(49)55)40-20-27-53-50(31-40)47-26-19-39-10-8-9-13-45(39)54(47)56(53)43-11-6-5-7-12-43/h5-29,31-32,44H,4,30,33-34H2,1-3H3. The minimum Gasteiger partial charge on any atom is -0.377 e. The van der Waals surface area contributed by atoms with Gasteiger partial charge in [0.25, 0.3) is 0 Å². The second kappa shape index (κ2) is 13.7. The van der Waals surface area contributed by atoms with Gasteiger partial charge in [-0.15, -0.1) is 0 Å². The van der Waals surface area contributed by atoms with E-state index in [-0.39, 0.29) is 0 Å². The van der Waals surface area contributed by atoms with Crippen LogP contribution in [0.4, 0.5) is 0 Å². The summed E-state index contributed by atoms with van der Waals surface area (Å²) in [5.41, 5.74) is 18.5. The zero-order valence-electron chi connectivity index (χ0n) is 33.3. The minimum absolute atomic E-state index is 0.350. The van der Waals surface area contributed by atoms with E-state index in [1.165, 1.54) is 105 Å². The first-order valence-electron chi connectivity index (χ1n) is 20.7. The van der Waals surface area contributed by atoms with Crippen LogP contribution in [0.1, 0.15) is 51.4 Å². The van der Waals surface area contributed by atoms with Gasteiger partial charge in [-0.05, 0) is 118 Å². The van der Waals surface area contributed by atoms with Gasteiger partial charge >= 0.3 is 0 Å². The number of fused-ring (bicyclic) bond motifs is 8. The highest BCUT2D eigenvalue weighted by Gasteiger charge is 2.46. The lowest BCUT2D eigenvalue weighted by atomic mass is 9.67. The van der Waals surface area contributed by atoms with Crippen LogP contribution in [0.25, 0.3) is 60.5 Å². The van der Waals surface area contributed by atoms with Crippen LogP contribution in [0.3, 0.4) is 0 Å². The predicted molar refractivity (Wildman–Crippen MR) is 239 cm³/mol. The van der Waals surface area contributed by atoms with Gasteiger partial charge in [0.2, 0.25) is 0 Å². The molecule has 2 aliphatic rings. The molecule has 3 nitrogen and oxygen atoms in total. The molecular weight excluding hydrogens is 707 g/mol.